The van der Waals surface area contributed by atoms with E-state index in [-0.39, 0.29) is 12.0 Å². The van der Waals surface area contributed by atoms with Gasteiger partial charge in [-0.2, -0.15) is 0 Å². The Bertz CT molecular complexity index is 1040. The molecule has 4 heterocycles. The number of rotatable bonds is 1. The van der Waals surface area contributed by atoms with Gasteiger partial charge in [-0.1, -0.05) is 24.3 Å². The predicted octanol–water partition coefficient (Wildman–Crippen LogP) is 4.43. The average Bonchev–Trinajstić information content (AvgIpc) is 2.99. The topological polar surface area (TPSA) is 38.1 Å². The normalized spacial score (nSPS) is 22.5. The number of aliphatic imine (C=N–C) groups is 1. The van der Waals surface area contributed by atoms with Crippen molar-refractivity contribution in [3.63, 3.8) is 0 Å². The number of nitrogens with zero attached hydrogens (tertiary/aromatic N) is 3. The zero-order valence-electron chi connectivity index (χ0n) is 12.3. The highest BCUT2D eigenvalue weighted by atomic mass is 32.1. The van der Waals surface area contributed by atoms with Crippen LogP contribution in [0.4, 0.5) is 0 Å². The lowest BCUT2D eigenvalue weighted by Crippen LogP contribution is -2.21. The number of hydrogen-bond acceptors (Lipinski definition) is 4. The molecule has 23 heavy (non-hydrogen) atoms. The van der Waals surface area contributed by atoms with Crippen LogP contribution in [0.5, 0.6) is 0 Å². The van der Waals surface area contributed by atoms with Crippen molar-refractivity contribution < 1.29 is 0 Å². The summed E-state index contributed by atoms with van der Waals surface area (Å²) in [6.07, 6.45) is 18.2. The largest absolute Gasteiger partial charge is 0.284 e. The maximum Gasteiger partial charge on any atom is 0.0867 e. The standard InChI is InChI=1S/C19H13N3S/c1-3-12-4-2-7-21-19(12)14(5-1)16-9-17-15(10-22-16)13-6-8-20-11-18(13)23-17/h1-11,14,19H. The van der Waals surface area contributed by atoms with Gasteiger partial charge in [0.15, 0.2) is 0 Å². The molecule has 110 valence electrons. The maximum atomic E-state index is 4.75. The summed E-state index contributed by atoms with van der Waals surface area (Å²) >= 11 is 1.78. The van der Waals surface area contributed by atoms with E-state index in [0.717, 1.165) is 5.69 Å². The first-order valence-electron chi connectivity index (χ1n) is 7.60. The summed E-state index contributed by atoms with van der Waals surface area (Å²) in [5.41, 5.74) is 2.33. The van der Waals surface area contributed by atoms with Gasteiger partial charge in [0.2, 0.25) is 0 Å². The molecule has 2 atom stereocenters. The lowest BCUT2D eigenvalue weighted by Gasteiger charge is -2.26. The smallest absolute Gasteiger partial charge is 0.0867 e. The molecule has 1 aliphatic carbocycles. The molecule has 4 heteroatoms. The zero-order valence-corrected chi connectivity index (χ0v) is 13.1. The number of thiophene rings is 1. The first-order valence-corrected chi connectivity index (χ1v) is 8.42. The van der Waals surface area contributed by atoms with Crippen LogP contribution in [0.25, 0.3) is 20.2 Å². The second-order valence-electron chi connectivity index (χ2n) is 5.76. The SMILES string of the molecule is C1=CC2=CC=CC(c3cc4sc5cnccc5c4cn3)C2N=C1. The van der Waals surface area contributed by atoms with Gasteiger partial charge in [-0.25, -0.2) is 0 Å². The first kappa shape index (κ1) is 12.9. The van der Waals surface area contributed by atoms with Crippen LogP contribution in [0.3, 0.4) is 0 Å². The molecule has 0 fully saturated rings. The Labute approximate surface area is 137 Å². The summed E-state index contributed by atoms with van der Waals surface area (Å²) < 4.78 is 2.47. The molecule has 0 aromatic carbocycles. The van der Waals surface area contributed by atoms with Crippen LogP contribution in [-0.2, 0) is 0 Å². The average molecular weight is 315 g/mol. The lowest BCUT2D eigenvalue weighted by atomic mass is 9.85. The van der Waals surface area contributed by atoms with Gasteiger partial charge in [-0.05, 0) is 23.8 Å². The van der Waals surface area contributed by atoms with E-state index in [2.05, 4.69) is 46.4 Å². The van der Waals surface area contributed by atoms with Crippen LogP contribution in [0.2, 0.25) is 0 Å². The van der Waals surface area contributed by atoms with Crippen LogP contribution in [0, 0.1) is 0 Å². The van der Waals surface area contributed by atoms with E-state index in [0.29, 0.717) is 0 Å². The van der Waals surface area contributed by atoms with Crippen molar-refractivity contribution in [2.75, 3.05) is 0 Å². The molecule has 0 amide bonds. The highest BCUT2D eigenvalue weighted by Gasteiger charge is 2.27. The van der Waals surface area contributed by atoms with Gasteiger partial charge in [-0.15, -0.1) is 11.3 Å². The van der Waals surface area contributed by atoms with Gasteiger partial charge in [0.25, 0.3) is 0 Å². The minimum Gasteiger partial charge on any atom is -0.284 e. The summed E-state index contributed by atoms with van der Waals surface area (Å²) in [6, 6.07) is 4.42. The third kappa shape index (κ3) is 1.99. The molecular formula is C19H13N3S. The van der Waals surface area contributed by atoms with Crippen molar-refractivity contribution in [3.05, 3.63) is 72.4 Å². The molecule has 2 aliphatic rings. The van der Waals surface area contributed by atoms with Crippen molar-refractivity contribution in [1.29, 1.82) is 0 Å². The summed E-state index contributed by atoms with van der Waals surface area (Å²) in [6.45, 7) is 0. The van der Waals surface area contributed by atoms with Crippen LogP contribution >= 0.6 is 11.3 Å². The monoisotopic (exact) mass is 315 g/mol. The number of pyridine rings is 2. The van der Waals surface area contributed by atoms with Crippen LogP contribution in [0.1, 0.15) is 11.6 Å². The van der Waals surface area contributed by atoms with Crippen molar-refractivity contribution >= 4 is 37.7 Å². The van der Waals surface area contributed by atoms with Gasteiger partial charge in [0, 0.05) is 46.2 Å². The summed E-state index contributed by atoms with van der Waals surface area (Å²) in [5.74, 6) is 0.198. The number of hydrogen-bond donors (Lipinski definition) is 0. The van der Waals surface area contributed by atoms with E-state index >= 15 is 0 Å². The predicted molar refractivity (Wildman–Crippen MR) is 96.3 cm³/mol. The molecule has 0 saturated heterocycles. The van der Waals surface area contributed by atoms with E-state index in [1.165, 1.54) is 25.7 Å². The van der Waals surface area contributed by atoms with Crippen LogP contribution < -0.4 is 0 Å². The van der Waals surface area contributed by atoms with Gasteiger partial charge in [0.05, 0.1) is 16.4 Å². The fourth-order valence-electron chi connectivity index (χ4n) is 3.31. The second-order valence-corrected chi connectivity index (χ2v) is 6.84. The highest BCUT2D eigenvalue weighted by Crippen LogP contribution is 2.37. The Balaban J connectivity index is 1.65. The molecule has 3 nitrogen and oxygen atoms in total. The number of dihydropyridines is 1. The summed E-state index contributed by atoms with van der Waals surface area (Å²) in [5, 5.41) is 2.44. The van der Waals surface area contributed by atoms with Crippen molar-refractivity contribution in [1.82, 2.24) is 9.97 Å². The molecule has 1 aliphatic heterocycles. The van der Waals surface area contributed by atoms with Gasteiger partial charge in [0.1, 0.15) is 0 Å². The van der Waals surface area contributed by atoms with Crippen molar-refractivity contribution in [3.8, 4) is 0 Å². The molecule has 2 unspecified atom stereocenters. The maximum absolute atomic E-state index is 4.75. The van der Waals surface area contributed by atoms with Gasteiger partial charge in [-0.3, -0.25) is 15.0 Å². The van der Waals surface area contributed by atoms with E-state index in [1.54, 1.807) is 11.3 Å². The lowest BCUT2D eigenvalue weighted by molar-refractivity contribution is 0.676. The second kappa shape index (κ2) is 4.96. The number of fused-ring (bicyclic) bond motifs is 4. The fourth-order valence-corrected chi connectivity index (χ4v) is 4.40. The molecule has 0 bridgehead atoms. The molecule has 0 spiro atoms. The fraction of sp³-hybridized carbons (Fsp3) is 0.105. The van der Waals surface area contributed by atoms with Crippen molar-refractivity contribution in [2.24, 2.45) is 4.99 Å². The molecule has 0 N–H and O–H groups in total. The van der Waals surface area contributed by atoms with E-state index in [4.69, 9.17) is 4.98 Å². The van der Waals surface area contributed by atoms with E-state index < -0.39 is 0 Å². The molecule has 0 saturated carbocycles. The van der Waals surface area contributed by atoms with E-state index in [1.807, 2.05) is 30.9 Å². The zero-order chi connectivity index (χ0) is 15.2. The summed E-state index contributed by atoms with van der Waals surface area (Å²) in [7, 11) is 0. The number of aromatic nitrogens is 2. The minimum atomic E-state index is 0.144. The summed E-state index contributed by atoms with van der Waals surface area (Å²) in [4.78, 5) is 13.6. The first-order chi connectivity index (χ1) is 11.4. The third-order valence-electron chi connectivity index (χ3n) is 4.43. The van der Waals surface area contributed by atoms with E-state index in [9.17, 15) is 0 Å². The Kier molecular flexibility index (Phi) is 2.78. The van der Waals surface area contributed by atoms with Crippen LogP contribution in [-0.4, -0.2) is 22.2 Å². The Morgan fingerprint density at radius 3 is 3.04 bits per heavy atom. The Morgan fingerprint density at radius 2 is 2.04 bits per heavy atom. The molecule has 3 aromatic rings. The number of allylic oxidation sites excluding steroid dienone is 3. The highest BCUT2D eigenvalue weighted by molar-refractivity contribution is 7.25. The molecular weight excluding hydrogens is 302 g/mol. The van der Waals surface area contributed by atoms with Crippen molar-refractivity contribution in [2.45, 2.75) is 12.0 Å². The van der Waals surface area contributed by atoms with Crippen LogP contribution in [0.15, 0.2) is 71.7 Å². The molecule has 3 aromatic heterocycles. The molecule has 0 radical (unpaired) electrons. The van der Waals surface area contributed by atoms with Gasteiger partial charge < -0.3 is 0 Å². The Morgan fingerprint density at radius 1 is 1.04 bits per heavy atom. The van der Waals surface area contributed by atoms with Gasteiger partial charge >= 0.3 is 0 Å². The molecule has 5 rings (SSSR count). The Hall–Kier alpha value is -2.59. The minimum absolute atomic E-state index is 0.144. The third-order valence-corrected chi connectivity index (χ3v) is 5.54. The quantitative estimate of drug-likeness (QED) is 0.666.